The van der Waals surface area contributed by atoms with Crippen molar-refractivity contribution < 1.29 is 24.2 Å². The lowest BCUT2D eigenvalue weighted by molar-refractivity contribution is -0.143. The highest BCUT2D eigenvalue weighted by molar-refractivity contribution is 7.98. The van der Waals surface area contributed by atoms with Crippen LogP contribution in [0.4, 0.5) is 4.79 Å². The number of aliphatic hydroxyl groups excluding tert-OH is 1. The normalized spacial score (nSPS) is 16.0. The lowest BCUT2D eigenvalue weighted by atomic mass is 9.92. The van der Waals surface area contributed by atoms with Crippen LogP contribution in [0.15, 0.2) is 18.2 Å². The molecule has 37 heavy (non-hydrogen) atoms. The maximum absolute atomic E-state index is 14.0. The molecule has 1 aliphatic rings. The van der Waals surface area contributed by atoms with E-state index in [0.717, 1.165) is 48.8 Å². The van der Waals surface area contributed by atoms with E-state index in [2.05, 4.69) is 10.6 Å². The number of amides is 3. The Morgan fingerprint density at radius 1 is 1.16 bits per heavy atom. The van der Waals surface area contributed by atoms with Gasteiger partial charge in [0.1, 0.15) is 17.7 Å². The highest BCUT2D eigenvalue weighted by Crippen LogP contribution is 2.28. The van der Waals surface area contributed by atoms with Gasteiger partial charge in [-0.15, -0.1) is 0 Å². The summed E-state index contributed by atoms with van der Waals surface area (Å²) in [5.74, 6) is -0.0522. The molecule has 8 nitrogen and oxygen atoms in total. The lowest BCUT2D eigenvalue weighted by Crippen LogP contribution is -2.54. The molecule has 0 aliphatic heterocycles. The van der Waals surface area contributed by atoms with Crippen molar-refractivity contribution in [3.05, 3.63) is 34.9 Å². The van der Waals surface area contributed by atoms with Crippen molar-refractivity contribution in [2.75, 3.05) is 25.2 Å². The van der Waals surface area contributed by atoms with Gasteiger partial charge in [-0.05, 0) is 82.6 Å². The van der Waals surface area contributed by atoms with Crippen molar-refractivity contribution in [1.29, 1.82) is 0 Å². The first-order valence-electron chi connectivity index (χ1n) is 13.2. The molecule has 1 aromatic rings. The number of rotatable bonds is 11. The number of carbonyl (C=O) groups is 3. The number of ether oxygens (including phenoxy) is 1. The summed E-state index contributed by atoms with van der Waals surface area (Å²) in [5, 5.41) is 15.9. The van der Waals surface area contributed by atoms with Crippen LogP contribution in [0.25, 0.3) is 0 Å². The second kappa shape index (κ2) is 14.6. The Balaban J connectivity index is 2.45. The van der Waals surface area contributed by atoms with Gasteiger partial charge in [0, 0.05) is 12.6 Å². The molecule has 0 radical (unpaired) electrons. The summed E-state index contributed by atoms with van der Waals surface area (Å²) in [6, 6.07) is 3.95. The molecule has 2 rings (SSSR count). The molecule has 3 amide bonds. The van der Waals surface area contributed by atoms with Gasteiger partial charge in [0.15, 0.2) is 0 Å². The van der Waals surface area contributed by atoms with Gasteiger partial charge in [-0.1, -0.05) is 37.5 Å². The van der Waals surface area contributed by atoms with Crippen LogP contribution in [0, 0.1) is 13.8 Å². The number of thioether (sulfide) groups is 1. The molecule has 2 unspecified atom stereocenters. The summed E-state index contributed by atoms with van der Waals surface area (Å²) in [7, 11) is 0. The molecular formula is C28H45N3O5S. The van der Waals surface area contributed by atoms with Crippen LogP contribution in [0.2, 0.25) is 0 Å². The molecule has 208 valence electrons. The second-order valence-corrected chi connectivity index (χ2v) is 11.8. The largest absolute Gasteiger partial charge is 0.444 e. The predicted molar refractivity (Wildman–Crippen MR) is 149 cm³/mol. The molecule has 0 bridgehead atoms. The van der Waals surface area contributed by atoms with E-state index in [1.165, 1.54) is 4.90 Å². The van der Waals surface area contributed by atoms with Crippen molar-refractivity contribution in [3.63, 3.8) is 0 Å². The molecule has 9 heteroatoms. The zero-order chi connectivity index (χ0) is 27.6. The van der Waals surface area contributed by atoms with Crippen molar-refractivity contribution in [2.45, 2.75) is 96.9 Å². The number of alkyl carbamates (subject to hydrolysis) is 1. The van der Waals surface area contributed by atoms with E-state index in [0.29, 0.717) is 12.2 Å². The first kappa shape index (κ1) is 31.0. The van der Waals surface area contributed by atoms with Crippen molar-refractivity contribution >= 4 is 29.7 Å². The zero-order valence-corrected chi connectivity index (χ0v) is 24.1. The Bertz CT molecular complexity index is 912. The zero-order valence-electron chi connectivity index (χ0n) is 23.3. The van der Waals surface area contributed by atoms with Crippen LogP contribution in [-0.4, -0.2) is 70.8 Å². The molecule has 3 N–H and O–H groups in total. The van der Waals surface area contributed by atoms with Gasteiger partial charge in [0.05, 0.1) is 6.61 Å². The van der Waals surface area contributed by atoms with Gasteiger partial charge in [0.2, 0.25) is 11.8 Å². The van der Waals surface area contributed by atoms with Crippen LogP contribution in [-0.2, 0) is 14.3 Å². The predicted octanol–water partition coefficient (Wildman–Crippen LogP) is 4.26. The number of hydrogen-bond donors (Lipinski definition) is 3. The quantitative estimate of drug-likeness (QED) is 0.391. The summed E-state index contributed by atoms with van der Waals surface area (Å²) < 4.78 is 5.41. The molecule has 1 saturated carbocycles. The average Bonchev–Trinajstić information content (AvgIpc) is 2.83. The minimum atomic E-state index is -0.932. The fourth-order valence-corrected chi connectivity index (χ4v) is 5.14. The molecule has 1 fully saturated rings. The van der Waals surface area contributed by atoms with E-state index in [1.807, 2.05) is 38.3 Å². The SMILES string of the molecule is CSCCC(NC(=O)OC(C)(C)C)C(=O)N(CCO)C(C(=O)NC1CCCCC1)c1cccc(C)c1C. The van der Waals surface area contributed by atoms with Gasteiger partial charge >= 0.3 is 6.09 Å². The minimum absolute atomic E-state index is 0.0409. The standard InChI is InChI=1S/C28H45N3O5S/c1-19-11-10-14-22(20(19)2)24(25(33)29-21-12-8-7-9-13-21)31(16-17-32)26(34)23(15-18-37-6)30-27(35)36-28(3,4)5/h10-11,14,21,23-24,32H,7-9,12-13,15-18H2,1-6H3,(H,29,33)(H,30,35). The van der Waals surface area contributed by atoms with E-state index in [1.54, 1.807) is 32.5 Å². The Labute approximate surface area is 226 Å². The molecule has 1 aliphatic carbocycles. The first-order valence-corrected chi connectivity index (χ1v) is 14.6. The maximum Gasteiger partial charge on any atom is 0.408 e. The highest BCUT2D eigenvalue weighted by atomic mass is 32.2. The molecule has 0 heterocycles. The lowest BCUT2D eigenvalue weighted by Gasteiger charge is -2.36. The second-order valence-electron chi connectivity index (χ2n) is 10.8. The number of benzene rings is 1. The fraction of sp³-hybridized carbons (Fsp3) is 0.679. The number of carbonyl (C=O) groups excluding carboxylic acids is 3. The third-order valence-corrected chi connectivity index (χ3v) is 7.32. The smallest absolute Gasteiger partial charge is 0.408 e. The Morgan fingerprint density at radius 3 is 2.43 bits per heavy atom. The van der Waals surface area contributed by atoms with Crippen molar-refractivity contribution in [3.8, 4) is 0 Å². The van der Waals surface area contributed by atoms with E-state index < -0.39 is 29.7 Å². The summed E-state index contributed by atoms with van der Waals surface area (Å²) in [6.07, 6.45) is 6.72. The molecule has 2 atom stereocenters. The van der Waals surface area contributed by atoms with Gasteiger partial charge in [-0.2, -0.15) is 11.8 Å². The molecule has 0 aromatic heterocycles. The third kappa shape index (κ3) is 9.52. The molecule has 1 aromatic carbocycles. The summed E-state index contributed by atoms with van der Waals surface area (Å²) in [5.41, 5.74) is 1.93. The number of aryl methyl sites for hydroxylation is 1. The van der Waals surface area contributed by atoms with E-state index in [4.69, 9.17) is 4.74 Å². The average molecular weight is 536 g/mol. The number of hydrogen-bond acceptors (Lipinski definition) is 6. The Kier molecular flexibility index (Phi) is 12.2. The first-order chi connectivity index (χ1) is 17.5. The van der Waals surface area contributed by atoms with Crippen LogP contribution < -0.4 is 10.6 Å². The molecule has 0 saturated heterocycles. The van der Waals surface area contributed by atoms with E-state index >= 15 is 0 Å². The Hall–Kier alpha value is -2.26. The van der Waals surface area contributed by atoms with Crippen molar-refractivity contribution in [2.24, 2.45) is 0 Å². The van der Waals surface area contributed by atoms with Gasteiger partial charge in [0.25, 0.3) is 0 Å². The third-order valence-electron chi connectivity index (χ3n) is 6.68. The maximum atomic E-state index is 14.0. The van der Waals surface area contributed by atoms with Crippen LogP contribution in [0.5, 0.6) is 0 Å². The van der Waals surface area contributed by atoms with Gasteiger partial charge < -0.3 is 25.4 Å². The van der Waals surface area contributed by atoms with E-state index in [9.17, 15) is 19.5 Å². The number of nitrogens with zero attached hydrogens (tertiary/aromatic N) is 1. The van der Waals surface area contributed by atoms with Crippen LogP contribution >= 0.6 is 11.8 Å². The van der Waals surface area contributed by atoms with E-state index in [-0.39, 0.29) is 25.1 Å². The Morgan fingerprint density at radius 2 is 1.84 bits per heavy atom. The van der Waals surface area contributed by atoms with Gasteiger partial charge in [-0.3, -0.25) is 9.59 Å². The van der Waals surface area contributed by atoms with Crippen LogP contribution in [0.1, 0.15) is 82.0 Å². The highest BCUT2D eigenvalue weighted by Gasteiger charge is 2.37. The van der Waals surface area contributed by atoms with Gasteiger partial charge in [-0.25, -0.2) is 4.79 Å². The fourth-order valence-electron chi connectivity index (χ4n) is 4.67. The minimum Gasteiger partial charge on any atom is -0.444 e. The monoisotopic (exact) mass is 535 g/mol. The summed E-state index contributed by atoms with van der Waals surface area (Å²) >= 11 is 1.56. The molecular weight excluding hydrogens is 490 g/mol. The topological polar surface area (TPSA) is 108 Å². The summed E-state index contributed by atoms with van der Waals surface area (Å²) in [4.78, 5) is 41.9. The number of nitrogens with one attached hydrogen (secondary N) is 2. The number of aliphatic hydroxyl groups is 1. The molecule has 0 spiro atoms. The van der Waals surface area contributed by atoms with Crippen LogP contribution in [0.3, 0.4) is 0 Å². The van der Waals surface area contributed by atoms with Crippen molar-refractivity contribution in [1.82, 2.24) is 15.5 Å². The summed E-state index contributed by atoms with van der Waals surface area (Å²) in [6.45, 7) is 8.84.